The van der Waals surface area contributed by atoms with E-state index in [1.165, 1.54) is 0 Å². The maximum Gasteiger partial charge on any atom is 0.271 e. The lowest BCUT2D eigenvalue weighted by Gasteiger charge is -2.38. The SMILES string of the molecule is Cc1nc(CN2C(=O)c3cccn3[C@H]3CNC[C@@H]32)cs1. The second-order valence-corrected chi connectivity index (χ2v) is 6.45. The van der Waals surface area contributed by atoms with E-state index < -0.39 is 0 Å². The molecular formula is C14H16N4OS. The molecule has 0 spiro atoms. The van der Waals surface area contributed by atoms with E-state index in [9.17, 15) is 4.79 Å². The van der Waals surface area contributed by atoms with E-state index in [0.717, 1.165) is 29.5 Å². The Labute approximate surface area is 121 Å². The number of fused-ring (bicyclic) bond motifs is 3. The van der Waals surface area contributed by atoms with Crippen molar-refractivity contribution in [3.63, 3.8) is 0 Å². The molecule has 1 fully saturated rings. The molecule has 2 aromatic heterocycles. The second kappa shape index (κ2) is 4.43. The van der Waals surface area contributed by atoms with Crippen molar-refractivity contribution in [2.75, 3.05) is 13.1 Å². The molecule has 5 nitrogen and oxygen atoms in total. The molecule has 2 aliphatic heterocycles. The average molecular weight is 288 g/mol. The standard InChI is InChI=1S/C14H16N4OS/c1-9-16-10(8-20-9)7-18-13-6-15-5-12(13)17-4-2-3-11(17)14(18)19/h2-4,8,12-13,15H,5-7H2,1H3/t12-,13-/m0/s1. The molecule has 4 rings (SSSR count). The van der Waals surface area contributed by atoms with Crippen molar-refractivity contribution < 1.29 is 4.79 Å². The molecule has 4 heterocycles. The molecular weight excluding hydrogens is 272 g/mol. The van der Waals surface area contributed by atoms with Gasteiger partial charge in [-0.15, -0.1) is 11.3 Å². The zero-order chi connectivity index (χ0) is 13.7. The van der Waals surface area contributed by atoms with Crippen LogP contribution in [0.5, 0.6) is 0 Å². The van der Waals surface area contributed by atoms with Crippen LogP contribution in [0.3, 0.4) is 0 Å². The van der Waals surface area contributed by atoms with Gasteiger partial charge in [-0.05, 0) is 19.1 Å². The van der Waals surface area contributed by atoms with Gasteiger partial charge >= 0.3 is 0 Å². The second-order valence-electron chi connectivity index (χ2n) is 5.38. The van der Waals surface area contributed by atoms with E-state index in [0.29, 0.717) is 12.6 Å². The van der Waals surface area contributed by atoms with Crippen molar-refractivity contribution >= 4 is 17.2 Å². The number of aryl methyl sites for hydroxylation is 1. The fraction of sp³-hybridized carbons (Fsp3) is 0.429. The van der Waals surface area contributed by atoms with Crippen molar-refractivity contribution in [3.05, 3.63) is 40.1 Å². The van der Waals surface area contributed by atoms with E-state index in [2.05, 4.69) is 14.9 Å². The molecule has 0 saturated carbocycles. The number of thiazole rings is 1. The van der Waals surface area contributed by atoms with Crippen LogP contribution in [0.15, 0.2) is 23.7 Å². The lowest BCUT2D eigenvalue weighted by molar-refractivity contribution is 0.0559. The van der Waals surface area contributed by atoms with Crippen molar-refractivity contribution in [1.29, 1.82) is 0 Å². The quantitative estimate of drug-likeness (QED) is 0.909. The number of nitrogens with one attached hydrogen (secondary N) is 1. The lowest BCUT2D eigenvalue weighted by Crippen LogP contribution is -2.49. The van der Waals surface area contributed by atoms with E-state index in [4.69, 9.17) is 0 Å². The normalized spacial score (nSPS) is 24.9. The Morgan fingerprint density at radius 2 is 2.30 bits per heavy atom. The minimum absolute atomic E-state index is 0.116. The first kappa shape index (κ1) is 12.1. The highest BCUT2D eigenvalue weighted by Crippen LogP contribution is 2.31. The Morgan fingerprint density at radius 3 is 3.10 bits per heavy atom. The highest BCUT2D eigenvalue weighted by atomic mass is 32.1. The molecule has 1 N–H and O–H groups in total. The maximum atomic E-state index is 12.7. The molecule has 0 aromatic carbocycles. The summed E-state index contributed by atoms with van der Waals surface area (Å²) < 4.78 is 2.12. The van der Waals surface area contributed by atoms with E-state index >= 15 is 0 Å². The first-order valence-electron chi connectivity index (χ1n) is 6.83. The summed E-state index contributed by atoms with van der Waals surface area (Å²) in [6.07, 6.45) is 2.02. The van der Waals surface area contributed by atoms with Gasteiger partial charge in [-0.25, -0.2) is 4.98 Å². The number of rotatable bonds is 2. The van der Waals surface area contributed by atoms with Gasteiger partial charge < -0.3 is 14.8 Å². The van der Waals surface area contributed by atoms with Gasteiger partial charge in [0, 0.05) is 24.7 Å². The molecule has 1 saturated heterocycles. The Morgan fingerprint density at radius 1 is 1.45 bits per heavy atom. The summed E-state index contributed by atoms with van der Waals surface area (Å²) in [6.45, 7) is 4.39. The zero-order valence-corrected chi connectivity index (χ0v) is 12.1. The molecule has 2 aromatic rings. The predicted octanol–water partition coefficient (Wildman–Crippen LogP) is 1.42. The number of carbonyl (C=O) groups excluding carboxylic acids is 1. The third-order valence-electron chi connectivity index (χ3n) is 4.17. The van der Waals surface area contributed by atoms with Gasteiger partial charge in [-0.3, -0.25) is 4.79 Å². The smallest absolute Gasteiger partial charge is 0.271 e. The molecule has 6 heteroatoms. The largest absolute Gasteiger partial charge is 0.337 e. The van der Waals surface area contributed by atoms with Crippen molar-refractivity contribution in [2.45, 2.75) is 25.6 Å². The molecule has 0 aliphatic carbocycles. The van der Waals surface area contributed by atoms with Crippen LogP contribution in [0.2, 0.25) is 0 Å². The number of hydrogen-bond acceptors (Lipinski definition) is 4. The monoisotopic (exact) mass is 288 g/mol. The first-order chi connectivity index (χ1) is 9.74. The van der Waals surface area contributed by atoms with Gasteiger partial charge in [0.1, 0.15) is 5.69 Å². The Bertz CT molecular complexity index is 662. The molecule has 20 heavy (non-hydrogen) atoms. The minimum Gasteiger partial charge on any atom is -0.337 e. The van der Waals surface area contributed by atoms with E-state index in [1.54, 1.807) is 11.3 Å². The van der Waals surface area contributed by atoms with Crippen LogP contribution in [0.4, 0.5) is 0 Å². The predicted molar refractivity (Wildman–Crippen MR) is 76.9 cm³/mol. The van der Waals surface area contributed by atoms with Gasteiger partial charge in [0.25, 0.3) is 5.91 Å². The fourth-order valence-corrected chi connectivity index (χ4v) is 3.86. The van der Waals surface area contributed by atoms with Crippen LogP contribution in [-0.4, -0.2) is 39.5 Å². The molecule has 2 atom stereocenters. The number of carbonyl (C=O) groups is 1. The van der Waals surface area contributed by atoms with Crippen LogP contribution in [0.1, 0.15) is 27.2 Å². The highest BCUT2D eigenvalue weighted by molar-refractivity contribution is 7.09. The zero-order valence-electron chi connectivity index (χ0n) is 11.2. The Balaban J connectivity index is 1.70. The topological polar surface area (TPSA) is 50.2 Å². The van der Waals surface area contributed by atoms with Crippen molar-refractivity contribution in [2.24, 2.45) is 0 Å². The number of aromatic nitrogens is 2. The average Bonchev–Trinajstić information content (AvgIpc) is 3.13. The summed E-state index contributed by atoms with van der Waals surface area (Å²) in [5.41, 5.74) is 1.79. The van der Waals surface area contributed by atoms with Gasteiger partial charge in [0.15, 0.2) is 0 Å². The van der Waals surface area contributed by atoms with Crippen molar-refractivity contribution in [1.82, 2.24) is 19.8 Å². The molecule has 0 radical (unpaired) electrons. The van der Waals surface area contributed by atoms with E-state index in [1.807, 2.05) is 35.5 Å². The Kier molecular flexibility index (Phi) is 2.68. The number of nitrogens with zero attached hydrogens (tertiary/aromatic N) is 3. The number of amides is 1. The van der Waals surface area contributed by atoms with Gasteiger partial charge in [-0.2, -0.15) is 0 Å². The molecule has 1 amide bonds. The van der Waals surface area contributed by atoms with Crippen LogP contribution in [0.25, 0.3) is 0 Å². The first-order valence-corrected chi connectivity index (χ1v) is 7.71. The van der Waals surface area contributed by atoms with Crippen LogP contribution in [-0.2, 0) is 6.54 Å². The van der Waals surface area contributed by atoms with Crippen molar-refractivity contribution in [3.8, 4) is 0 Å². The summed E-state index contributed by atoms with van der Waals surface area (Å²) in [5, 5.41) is 6.50. The summed E-state index contributed by atoms with van der Waals surface area (Å²) in [5.74, 6) is 0.116. The minimum atomic E-state index is 0.116. The molecule has 2 aliphatic rings. The third kappa shape index (κ3) is 1.72. The summed E-state index contributed by atoms with van der Waals surface area (Å²) >= 11 is 1.64. The highest BCUT2D eigenvalue weighted by Gasteiger charge is 2.42. The summed E-state index contributed by atoms with van der Waals surface area (Å²) in [6, 6.07) is 4.44. The summed E-state index contributed by atoms with van der Waals surface area (Å²) in [7, 11) is 0. The fourth-order valence-electron chi connectivity index (χ4n) is 3.26. The van der Waals surface area contributed by atoms with Crippen LogP contribution < -0.4 is 5.32 Å². The van der Waals surface area contributed by atoms with Gasteiger partial charge in [0.05, 0.1) is 29.3 Å². The Hall–Kier alpha value is -1.66. The lowest BCUT2D eigenvalue weighted by atomic mass is 10.1. The van der Waals surface area contributed by atoms with Gasteiger partial charge in [0.2, 0.25) is 0 Å². The summed E-state index contributed by atoms with van der Waals surface area (Å²) in [4.78, 5) is 19.2. The van der Waals surface area contributed by atoms with Crippen LogP contribution in [0, 0.1) is 6.92 Å². The third-order valence-corrected chi connectivity index (χ3v) is 4.99. The van der Waals surface area contributed by atoms with E-state index in [-0.39, 0.29) is 11.9 Å². The molecule has 0 bridgehead atoms. The van der Waals surface area contributed by atoms with Crippen LogP contribution >= 0.6 is 11.3 Å². The van der Waals surface area contributed by atoms with Gasteiger partial charge in [-0.1, -0.05) is 0 Å². The number of hydrogen-bond donors (Lipinski definition) is 1. The molecule has 0 unspecified atom stereocenters. The maximum absolute atomic E-state index is 12.7. The molecule has 104 valence electrons.